The molecule has 3 N–H and O–H groups in total. The average Bonchev–Trinajstić information content (AvgIpc) is 2.52. The highest BCUT2D eigenvalue weighted by Gasteiger charge is 2.24. The van der Waals surface area contributed by atoms with Gasteiger partial charge in [0.2, 0.25) is 0 Å². The zero-order chi connectivity index (χ0) is 16.3. The summed E-state index contributed by atoms with van der Waals surface area (Å²) in [6.07, 6.45) is 3.59. The van der Waals surface area contributed by atoms with E-state index in [0.717, 1.165) is 38.2 Å². The van der Waals surface area contributed by atoms with Gasteiger partial charge in [-0.15, -0.1) is 0 Å². The average molecular weight is 305 g/mol. The van der Waals surface area contributed by atoms with Crippen molar-refractivity contribution in [1.82, 2.24) is 10.6 Å². The molecule has 0 atom stereocenters. The Morgan fingerprint density at radius 3 is 2.23 bits per heavy atom. The molecule has 124 valence electrons. The molecule has 1 rings (SSSR count). The number of hydrogen-bond donors (Lipinski definition) is 3. The van der Waals surface area contributed by atoms with Crippen molar-refractivity contribution in [3.05, 3.63) is 35.9 Å². The van der Waals surface area contributed by atoms with E-state index in [1.807, 2.05) is 25.1 Å². The fraction of sp³-hybridized carbons (Fsp3) is 0.611. The summed E-state index contributed by atoms with van der Waals surface area (Å²) in [5.74, 6) is 0.761. The molecule has 0 saturated heterocycles. The maximum atomic E-state index is 10.7. The van der Waals surface area contributed by atoms with Crippen LogP contribution in [0.25, 0.3) is 0 Å². The van der Waals surface area contributed by atoms with Crippen LogP contribution in [0.5, 0.6) is 0 Å². The van der Waals surface area contributed by atoms with E-state index < -0.39 is 5.60 Å². The topological polar surface area (TPSA) is 56.6 Å². The number of rotatable bonds is 9. The van der Waals surface area contributed by atoms with E-state index >= 15 is 0 Å². The molecule has 0 aliphatic heterocycles. The standard InChI is InChI=1S/C18H31N3O/c1-4-12-18(22,13-5-2)15-21-17(19-6-3)20-14-16-10-8-7-9-11-16/h7-11,22H,4-6,12-15H2,1-3H3,(H2,19,20,21). The second kappa shape index (κ2) is 10.2. The van der Waals surface area contributed by atoms with Crippen molar-refractivity contribution in [1.29, 1.82) is 0 Å². The molecule has 0 bridgehead atoms. The van der Waals surface area contributed by atoms with Crippen molar-refractivity contribution in [3.8, 4) is 0 Å². The van der Waals surface area contributed by atoms with Gasteiger partial charge in [-0.2, -0.15) is 0 Å². The summed E-state index contributed by atoms with van der Waals surface area (Å²) in [5, 5.41) is 17.2. The van der Waals surface area contributed by atoms with Crippen molar-refractivity contribution in [2.75, 3.05) is 13.1 Å². The van der Waals surface area contributed by atoms with Gasteiger partial charge in [-0.05, 0) is 25.3 Å². The highest BCUT2D eigenvalue weighted by atomic mass is 16.3. The predicted molar refractivity (Wildman–Crippen MR) is 94.0 cm³/mol. The number of aliphatic imine (C=N–C) groups is 1. The molecule has 4 nitrogen and oxygen atoms in total. The van der Waals surface area contributed by atoms with Gasteiger partial charge in [0.15, 0.2) is 5.96 Å². The van der Waals surface area contributed by atoms with E-state index in [-0.39, 0.29) is 0 Å². The fourth-order valence-corrected chi connectivity index (χ4v) is 2.58. The van der Waals surface area contributed by atoms with E-state index in [4.69, 9.17) is 0 Å². The SMILES string of the molecule is CCCC(O)(CCC)CNC(=NCc1ccccc1)NCC. The molecule has 0 unspecified atom stereocenters. The molecule has 1 aromatic carbocycles. The fourth-order valence-electron chi connectivity index (χ4n) is 2.58. The third-order valence-electron chi connectivity index (χ3n) is 3.62. The number of nitrogens with zero attached hydrogens (tertiary/aromatic N) is 1. The van der Waals surface area contributed by atoms with Crippen LogP contribution in [0.3, 0.4) is 0 Å². The maximum absolute atomic E-state index is 10.7. The minimum atomic E-state index is -0.646. The Labute approximate surface area is 135 Å². The van der Waals surface area contributed by atoms with E-state index in [9.17, 15) is 5.11 Å². The molecule has 4 heteroatoms. The van der Waals surface area contributed by atoms with Crippen LogP contribution in [-0.2, 0) is 6.54 Å². The molecule has 0 aliphatic carbocycles. The van der Waals surface area contributed by atoms with Gasteiger partial charge >= 0.3 is 0 Å². The van der Waals surface area contributed by atoms with Crippen LogP contribution in [-0.4, -0.2) is 29.8 Å². The molecule has 0 radical (unpaired) electrons. The van der Waals surface area contributed by atoms with E-state index in [1.165, 1.54) is 5.56 Å². The lowest BCUT2D eigenvalue weighted by Crippen LogP contribution is -2.47. The summed E-state index contributed by atoms with van der Waals surface area (Å²) < 4.78 is 0. The Balaban J connectivity index is 2.62. The highest BCUT2D eigenvalue weighted by molar-refractivity contribution is 5.79. The van der Waals surface area contributed by atoms with Crippen LogP contribution in [0.1, 0.15) is 52.0 Å². The minimum Gasteiger partial charge on any atom is -0.388 e. The van der Waals surface area contributed by atoms with Crippen molar-refractivity contribution in [2.24, 2.45) is 4.99 Å². The maximum Gasteiger partial charge on any atom is 0.191 e. The molecule has 22 heavy (non-hydrogen) atoms. The van der Waals surface area contributed by atoms with Gasteiger partial charge in [-0.1, -0.05) is 57.0 Å². The molecule has 1 aromatic rings. The summed E-state index contributed by atoms with van der Waals surface area (Å²) in [6.45, 7) is 8.24. The predicted octanol–water partition coefficient (Wildman–Crippen LogP) is 3.07. The van der Waals surface area contributed by atoms with Crippen LogP contribution in [0, 0.1) is 0 Å². The van der Waals surface area contributed by atoms with Gasteiger partial charge in [0, 0.05) is 13.1 Å². The van der Waals surface area contributed by atoms with Crippen molar-refractivity contribution >= 4 is 5.96 Å². The van der Waals surface area contributed by atoms with E-state index in [0.29, 0.717) is 13.1 Å². The largest absolute Gasteiger partial charge is 0.388 e. The third kappa shape index (κ3) is 6.94. The molecule has 0 aliphatic rings. The molecule has 0 saturated carbocycles. The summed E-state index contributed by atoms with van der Waals surface area (Å²) in [5.41, 5.74) is 0.531. The molecule has 0 heterocycles. The zero-order valence-electron chi connectivity index (χ0n) is 14.2. The van der Waals surface area contributed by atoms with Gasteiger partial charge in [0.25, 0.3) is 0 Å². The van der Waals surface area contributed by atoms with Crippen molar-refractivity contribution in [3.63, 3.8) is 0 Å². The quantitative estimate of drug-likeness (QED) is 0.485. The first kappa shape index (κ1) is 18.5. The normalized spacial score (nSPS) is 12.3. The molecular formula is C18H31N3O. The van der Waals surface area contributed by atoms with E-state index in [2.05, 4.69) is 41.6 Å². The lowest BCUT2D eigenvalue weighted by Gasteiger charge is -2.28. The lowest BCUT2D eigenvalue weighted by molar-refractivity contribution is 0.0257. The summed E-state index contributed by atoms with van der Waals surface area (Å²) in [6, 6.07) is 10.2. The van der Waals surface area contributed by atoms with Gasteiger partial charge in [-0.25, -0.2) is 4.99 Å². The Morgan fingerprint density at radius 2 is 1.68 bits per heavy atom. The second-order valence-electron chi connectivity index (χ2n) is 5.76. The first-order chi connectivity index (χ1) is 10.6. The Kier molecular flexibility index (Phi) is 8.60. The van der Waals surface area contributed by atoms with Crippen LogP contribution in [0.2, 0.25) is 0 Å². The van der Waals surface area contributed by atoms with Crippen molar-refractivity contribution in [2.45, 2.75) is 58.6 Å². The number of aliphatic hydroxyl groups is 1. The third-order valence-corrected chi connectivity index (χ3v) is 3.62. The summed E-state index contributed by atoms with van der Waals surface area (Å²) >= 11 is 0. The Bertz CT molecular complexity index is 425. The number of hydrogen-bond acceptors (Lipinski definition) is 2. The highest BCUT2D eigenvalue weighted by Crippen LogP contribution is 2.18. The smallest absolute Gasteiger partial charge is 0.191 e. The van der Waals surface area contributed by atoms with Crippen LogP contribution in [0.15, 0.2) is 35.3 Å². The second-order valence-corrected chi connectivity index (χ2v) is 5.76. The number of nitrogens with one attached hydrogen (secondary N) is 2. The van der Waals surface area contributed by atoms with E-state index in [1.54, 1.807) is 0 Å². The summed E-state index contributed by atoms with van der Waals surface area (Å²) in [7, 11) is 0. The van der Waals surface area contributed by atoms with Crippen LogP contribution >= 0.6 is 0 Å². The van der Waals surface area contributed by atoms with Crippen LogP contribution in [0.4, 0.5) is 0 Å². The first-order valence-electron chi connectivity index (χ1n) is 8.42. The first-order valence-corrected chi connectivity index (χ1v) is 8.42. The van der Waals surface area contributed by atoms with Gasteiger partial charge in [0.05, 0.1) is 12.1 Å². The lowest BCUT2D eigenvalue weighted by atomic mass is 9.93. The van der Waals surface area contributed by atoms with Crippen molar-refractivity contribution < 1.29 is 5.11 Å². The molecule has 0 amide bonds. The summed E-state index contributed by atoms with van der Waals surface area (Å²) in [4.78, 5) is 4.59. The molecule has 0 spiro atoms. The van der Waals surface area contributed by atoms with Gasteiger partial charge < -0.3 is 15.7 Å². The Morgan fingerprint density at radius 1 is 1.05 bits per heavy atom. The number of guanidine groups is 1. The van der Waals surface area contributed by atoms with Gasteiger partial charge in [0.1, 0.15) is 0 Å². The minimum absolute atomic E-state index is 0.537. The molecule has 0 fully saturated rings. The number of benzene rings is 1. The van der Waals surface area contributed by atoms with Crippen LogP contribution < -0.4 is 10.6 Å². The Hall–Kier alpha value is -1.55. The molecule has 0 aromatic heterocycles. The monoisotopic (exact) mass is 305 g/mol. The zero-order valence-corrected chi connectivity index (χ0v) is 14.2. The van der Waals surface area contributed by atoms with Gasteiger partial charge in [-0.3, -0.25) is 0 Å². The molecular weight excluding hydrogens is 274 g/mol.